The first-order valence-corrected chi connectivity index (χ1v) is 9.79. The van der Waals surface area contributed by atoms with Gasteiger partial charge in [0.1, 0.15) is 5.69 Å². The largest absolute Gasteiger partial charge is 0.346 e. The van der Waals surface area contributed by atoms with Crippen LogP contribution >= 0.6 is 0 Å². The molecule has 1 N–H and O–H groups in total. The zero-order valence-electron chi connectivity index (χ0n) is 16.1. The second kappa shape index (κ2) is 6.54. The summed E-state index contributed by atoms with van der Waals surface area (Å²) in [6, 6.07) is 5.74. The van der Waals surface area contributed by atoms with Crippen LogP contribution in [0.25, 0.3) is 5.65 Å². The van der Waals surface area contributed by atoms with Crippen molar-refractivity contribution in [3.8, 4) is 0 Å². The number of carbonyl (C=O) groups excluding carboxylic acids is 1. The molecule has 2 fully saturated rings. The van der Waals surface area contributed by atoms with Gasteiger partial charge in [0.25, 0.3) is 5.91 Å². The van der Waals surface area contributed by atoms with Crippen molar-refractivity contribution in [3.05, 3.63) is 47.2 Å². The summed E-state index contributed by atoms with van der Waals surface area (Å²) in [7, 11) is 0. The van der Waals surface area contributed by atoms with E-state index in [1.165, 1.54) is 12.8 Å². The van der Waals surface area contributed by atoms with Gasteiger partial charge in [0.2, 0.25) is 5.95 Å². The van der Waals surface area contributed by atoms with Crippen molar-refractivity contribution in [1.82, 2.24) is 29.9 Å². The minimum atomic E-state index is -0.149. The van der Waals surface area contributed by atoms with Crippen LogP contribution in [0.4, 0.5) is 5.95 Å². The molecule has 144 valence electrons. The third-order valence-electron chi connectivity index (χ3n) is 5.43. The lowest BCUT2D eigenvalue weighted by atomic mass is 10.2. The van der Waals surface area contributed by atoms with E-state index in [-0.39, 0.29) is 11.9 Å². The van der Waals surface area contributed by atoms with E-state index in [0.717, 1.165) is 36.0 Å². The maximum Gasteiger partial charge on any atom is 0.270 e. The van der Waals surface area contributed by atoms with Crippen LogP contribution in [0.1, 0.15) is 52.8 Å². The molecule has 1 amide bonds. The van der Waals surface area contributed by atoms with Crippen molar-refractivity contribution >= 4 is 17.5 Å². The molecule has 0 bridgehead atoms. The maximum absolute atomic E-state index is 12.7. The third kappa shape index (κ3) is 3.19. The molecular formula is C20H23N7O. The Bertz CT molecular complexity index is 1060. The van der Waals surface area contributed by atoms with E-state index in [2.05, 4.69) is 25.3 Å². The van der Waals surface area contributed by atoms with Crippen LogP contribution in [0.5, 0.6) is 0 Å². The van der Waals surface area contributed by atoms with Gasteiger partial charge in [-0.3, -0.25) is 4.79 Å². The molecule has 1 unspecified atom stereocenters. The van der Waals surface area contributed by atoms with Crippen molar-refractivity contribution in [3.63, 3.8) is 0 Å². The van der Waals surface area contributed by atoms with Gasteiger partial charge in [-0.25, -0.2) is 19.5 Å². The highest BCUT2D eigenvalue weighted by Gasteiger charge is 2.29. The minimum absolute atomic E-state index is 0.0608. The van der Waals surface area contributed by atoms with Crippen molar-refractivity contribution < 1.29 is 4.79 Å². The SMILES string of the molecule is Cc1cc2nc(C(=O)NC3CCN(c4nccc(C5CC5)n4)C3)cc(C)n2n1. The molecule has 1 aliphatic carbocycles. The summed E-state index contributed by atoms with van der Waals surface area (Å²) >= 11 is 0. The molecule has 3 aromatic rings. The van der Waals surface area contributed by atoms with Gasteiger partial charge >= 0.3 is 0 Å². The van der Waals surface area contributed by atoms with E-state index in [0.29, 0.717) is 23.8 Å². The first-order valence-electron chi connectivity index (χ1n) is 9.79. The molecule has 2 aliphatic rings. The molecule has 8 nitrogen and oxygen atoms in total. The van der Waals surface area contributed by atoms with E-state index in [1.54, 1.807) is 10.6 Å². The number of amides is 1. The lowest BCUT2D eigenvalue weighted by Crippen LogP contribution is -2.37. The molecule has 1 saturated heterocycles. The van der Waals surface area contributed by atoms with Gasteiger partial charge < -0.3 is 10.2 Å². The second-order valence-electron chi connectivity index (χ2n) is 7.80. The lowest BCUT2D eigenvalue weighted by Gasteiger charge is -2.17. The fourth-order valence-electron chi connectivity index (χ4n) is 3.80. The predicted octanol–water partition coefficient (Wildman–Crippen LogP) is 2.02. The summed E-state index contributed by atoms with van der Waals surface area (Å²) in [6.07, 6.45) is 5.17. The van der Waals surface area contributed by atoms with E-state index in [4.69, 9.17) is 4.98 Å². The average molecular weight is 377 g/mol. The molecule has 0 spiro atoms. The Labute approximate surface area is 163 Å². The number of rotatable bonds is 4. The quantitative estimate of drug-likeness (QED) is 0.748. The van der Waals surface area contributed by atoms with E-state index < -0.39 is 0 Å². The highest BCUT2D eigenvalue weighted by Crippen LogP contribution is 2.39. The molecule has 1 aliphatic heterocycles. The lowest BCUT2D eigenvalue weighted by molar-refractivity contribution is 0.0935. The minimum Gasteiger partial charge on any atom is -0.346 e. The van der Waals surface area contributed by atoms with Crippen molar-refractivity contribution in [2.24, 2.45) is 0 Å². The molecule has 4 heterocycles. The average Bonchev–Trinajstić information content (AvgIpc) is 3.31. The summed E-state index contributed by atoms with van der Waals surface area (Å²) in [6.45, 7) is 5.40. The summed E-state index contributed by atoms with van der Waals surface area (Å²) in [5.41, 5.74) is 4.03. The number of carbonyl (C=O) groups is 1. The topological polar surface area (TPSA) is 88.3 Å². The number of aromatic nitrogens is 5. The predicted molar refractivity (Wildman–Crippen MR) is 105 cm³/mol. The van der Waals surface area contributed by atoms with Crippen molar-refractivity contribution in [1.29, 1.82) is 0 Å². The summed E-state index contributed by atoms with van der Waals surface area (Å²) in [5.74, 6) is 1.23. The molecule has 3 aromatic heterocycles. The zero-order chi connectivity index (χ0) is 19.3. The van der Waals surface area contributed by atoms with Gasteiger partial charge in [-0.1, -0.05) is 0 Å². The van der Waals surface area contributed by atoms with Crippen LogP contribution in [0, 0.1) is 13.8 Å². The number of fused-ring (bicyclic) bond motifs is 1. The molecule has 5 rings (SSSR count). The Morgan fingerprint density at radius 1 is 1.18 bits per heavy atom. The van der Waals surface area contributed by atoms with Crippen molar-refractivity contribution in [2.75, 3.05) is 18.0 Å². The van der Waals surface area contributed by atoms with Crippen LogP contribution < -0.4 is 10.2 Å². The Morgan fingerprint density at radius 2 is 2.04 bits per heavy atom. The molecule has 28 heavy (non-hydrogen) atoms. The fraction of sp³-hybridized carbons (Fsp3) is 0.450. The molecule has 0 aromatic carbocycles. The Balaban J connectivity index is 1.28. The summed E-state index contributed by atoms with van der Waals surface area (Å²) in [4.78, 5) is 28.5. The Kier molecular flexibility index (Phi) is 3.99. The highest BCUT2D eigenvalue weighted by atomic mass is 16.2. The number of hydrogen-bond acceptors (Lipinski definition) is 6. The van der Waals surface area contributed by atoms with Crippen LogP contribution in [0.3, 0.4) is 0 Å². The number of anilines is 1. The molecule has 8 heteroatoms. The standard InChI is InChI=1S/C20H23N7O/c1-12-9-18-23-17(10-13(2)27(18)25-12)19(28)22-15-6-8-26(11-15)20-21-7-5-16(24-20)14-3-4-14/h5,7,9-10,14-15H,3-4,6,8,11H2,1-2H3,(H,22,28). The Morgan fingerprint density at radius 3 is 2.86 bits per heavy atom. The van der Waals surface area contributed by atoms with Gasteiger partial charge in [-0.15, -0.1) is 0 Å². The first-order chi connectivity index (χ1) is 13.6. The van der Waals surface area contributed by atoms with E-state index in [1.807, 2.05) is 32.2 Å². The molecule has 1 atom stereocenters. The van der Waals surface area contributed by atoms with Gasteiger partial charge in [0.15, 0.2) is 5.65 Å². The fourth-order valence-corrected chi connectivity index (χ4v) is 3.80. The first kappa shape index (κ1) is 17.1. The smallest absolute Gasteiger partial charge is 0.270 e. The van der Waals surface area contributed by atoms with Gasteiger partial charge in [0.05, 0.1) is 5.69 Å². The van der Waals surface area contributed by atoms with Crippen molar-refractivity contribution in [2.45, 2.75) is 45.1 Å². The third-order valence-corrected chi connectivity index (χ3v) is 5.43. The van der Waals surface area contributed by atoms with E-state index in [9.17, 15) is 4.79 Å². The van der Waals surface area contributed by atoms with Gasteiger partial charge in [-0.05, 0) is 45.2 Å². The molecule has 1 saturated carbocycles. The number of nitrogens with zero attached hydrogens (tertiary/aromatic N) is 6. The van der Waals surface area contributed by atoms with Crippen LogP contribution in [-0.2, 0) is 0 Å². The maximum atomic E-state index is 12.7. The molecule has 0 radical (unpaired) electrons. The number of hydrogen-bond donors (Lipinski definition) is 1. The zero-order valence-corrected chi connectivity index (χ0v) is 16.1. The summed E-state index contributed by atoms with van der Waals surface area (Å²) in [5, 5.41) is 7.50. The highest BCUT2D eigenvalue weighted by molar-refractivity contribution is 5.93. The van der Waals surface area contributed by atoms with Crippen LogP contribution in [-0.4, -0.2) is 49.6 Å². The Hall–Kier alpha value is -3.03. The molecular weight excluding hydrogens is 354 g/mol. The van der Waals surface area contributed by atoms with Gasteiger partial charge in [0, 0.05) is 48.7 Å². The number of nitrogens with one attached hydrogen (secondary N) is 1. The van der Waals surface area contributed by atoms with Crippen LogP contribution in [0.2, 0.25) is 0 Å². The number of aryl methyl sites for hydroxylation is 2. The summed E-state index contributed by atoms with van der Waals surface area (Å²) < 4.78 is 1.76. The second-order valence-corrected chi connectivity index (χ2v) is 7.80. The monoisotopic (exact) mass is 377 g/mol. The van der Waals surface area contributed by atoms with Gasteiger partial charge in [-0.2, -0.15) is 5.10 Å². The normalized spacial score (nSPS) is 19.4. The van der Waals surface area contributed by atoms with E-state index >= 15 is 0 Å². The van der Waals surface area contributed by atoms with Crippen LogP contribution in [0.15, 0.2) is 24.4 Å².